The molecule has 0 aliphatic carbocycles. The molecule has 24 heavy (non-hydrogen) atoms. The maximum atomic E-state index is 11.7. The van der Waals surface area contributed by atoms with Crippen molar-refractivity contribution in [2.75, 3.05) is 26.7 Å². The summed E-state index contributed by atoms with van der Waals surface area (Å²) in [6.45, 7) is 2.97. The Kier molecular flexibility index (Phi) is 9.66. The number of carbonyl (C=O) groups is 1. The molecule has 1 unspecified atom stereocenters. The zero-order valence-corrected chi connectivity index (χ0v) is 16.5. The van der Waals surface area contributed by atoms with Crippen molar-refractivity contribution >= 4 is 34.2 Å². The van der Waals surface area contributed by atoms with Crippen LogP contribution in [0.2, 0.25) is 0 Å². The number of amides is 1. The number of hydrogen-bond acceptors (Lipinski definition) is 4. The van der Waals surface area contributed by atoms with Gasteiger partial charge in [0.05, 0.1) is 11.6 Å². The summed E-state index contributed by atoms with van der Waals surface area (Å²) in [7, 11) is 1.70. The molecule has 7 heteroatoms. The average Bonchev–Trinajstić information content (AvgIpc) is 2.54. The van der Waals surface area contributed by atoms with E-state index >= 15 is 0 Å². The van der Waals surface area contributed by atoms with Gasteiger partial charge in [-0.15, -0.1) is 12.4 Å². The van der Waals surface area contributed by atoms with Gasteiger partial charge < -0.3 is 15.8 Å². The number of nitrogens with zero attached hydrogens (tertiary/aromatic N) is 1. The molecule has 0 radical (unpaired) electrons. The largest absolute Gasteiger partial charge is 0.495 e. The fourth-order valence-corrected chi connectivity index (χ4v) is 3.64. The highest BCUT2D eigenvalue weighted by atomic mass is 79.9. The van der Waals surface area contributed by atoms with Gasteiger partial charge in [-0.05, 0) is 41.4 Å². The van der Waals surface area contributed by atoms with Crippen molar-refractivity contribution in [2.24, 2.45) is 5.73 Å². The van der Waals surface area contributed by atoms with Gasteiger partial charge in [0.25, 0.3) is 0 Å². The minimum absolute atomic E-state index is 0. The number of halogens is 2. The Hall–Kier alpha value is -0.820. The van der Waals surface area contributed by atoms with Crippen LogP contribution in [0.5, 0.6) is 5.75 Å². The summed E-state index contributed by atoms with van der Waals surface area (Å²) >= 11 is 3.54. The van der Waals surface area contributed by atoms with Crippen LogP contribution >= 0.6 is 28.3 Å². The van der Waals surface area contributed by atoms with E-state index in [9.17, 15) is 4.79 Å². The molecule has 1 amide bonds. The summed E-state index contributed by atoms with van der Waals surface area (Å²) in [5.74, 6) is 0.932. The molecule has 1 aromatic carbocycles. The molecule has 1 atom stereocenters. The van der Waals surface area contributed by atoms with Gasteiger partial charge in [0.2, 0.25) is 5.91 Å². The minimum atomic E-state index is 0. The molecule has 0 spiro atoms. The van der Waals surface area contributed by atoms with E-state index in [2.05, 4.69) is 32.2 Å². The van der Waals surface area contributed by atoms with Crippen molar-refractivity contribution in [2.45, 2.75) is 38.3 Å². The molecule has 0 aromatic heterocycles. The lowest BCUT2D eigenvalue weighted by atomic mass is 10.0. The minimum Gasteiger partial charge on any atom is -0.495 e. The van der Waals surface area contributed by atoms with Crippen LogP contribution in [0.15, 0.2) is 22.7 Å². The van der Waals surface area contributed by atoms with Crippen LogP contribution in [0.1, 0.15) is 31.2 Å². The first kappa shape index (κ1) is 21.2. The summed E-state index contributed by atoms with van der Waals surface area (Å²) in [6, 6.07) is 6.49. The lowest BCUT2D eigenvalue weighted by molar-refractivity contribution is -0.121. The van der Waals surface area contributed by atoms with Crippen molar-refractivity contribution < 1.29 is 9.53 Å². The first-order valence-electron chi connectivity index (χ1n) is 8.18. The van der Waals surface area contributed by atoms with Gasteiger partial charge in [0.1, 0.15) is 5.75 Å². The van der Waals surface area contributed by atoms with Gasteiger partial charge in [0, 0.05) is 37.7 Å². The number of rotatable bonds is 7. The zero-order valence-electron chi connectivity index (χ0n) is 14.1. The molecule has 5 nitrogen and oxygen atoms in total. The maximum absolute atomic E-state index is 11.7. The fraction of sp³-hybridized carbons (Fsp3) is 0.588. The van der Waals surface area contributed by atoms with Gasteiger partial charge in [-0.3, -0.25) is 9.69 Å². The van der Waals surface area contributed by atoms with Crippen molar-refractivity contribution in [3.05, 3.63) is 28.2 Å². The van der Waals surface area contributed by atoms with Crippen LogP contribution in [0.25, 0.3) is 0 Å². The first-order chi connectivity index (χ1) is 11.2. The lowest BCUT2D eigenvalue weighted by Gasteiger charge is -2.36. The molecule has 0 bridgehead atoms. The molecule has 1 aliphatic heterocycles. The third-order valence-corrected chi connectivity index (χ3v) is 4.91. The molecule has 1 aromatic rings. The molecular weight excluding hydrogens is 394 g/mol. The number of nitrogens with two attached hydrogens (primary N) is 1. The second-order valence-electron chi connectivity index (χ2n) is 5.90. The highest BCUT2D eigenvalue weighted by Crippen LogP contribution is 2.31. The second kappa shape index (κ2) is 10.9. The smallest absolute Gasteiger partial charge is 0.221 e. The van der Waals surface area contributed by atoms with Crippen LogP contribution in [0.4, 0.5) is 0 Å². The number of methoxy groups -OCH3 is 1. The quantitative estimate of drug-likeness (QED) is 0.712. The van der Waals surface area contributed by atoms with Gasteiger partial charge in [0.15, 0.2) is 0 Å². The third-order valence-electron chi connectivity index (χ3n) is 4.28. The van der Waals surface area contributed by atoms with E-state index < -0.39 is 0 Å². The summed E-state index contributed by atoms with van der Waals surface area (Å²) < 4.78 is 6.50. The average molecular weight is 421 g/mol. The molecule has 1 fully saturated rings. The van der Waals surface area contributed by atoms with Gasteiger partial charge in [-0.1, -0.05) is 18.6 Å². The van der Waals surface area contributed by atoms with Crippen molar-refractivity contribution in [3.63, 3.8) is 0 Å². The number of carbonyl (C=O) groups excluding carboxylic acids is 1. The Labute approximate surface area is 158 Å². The van der Waals surface area contributed by atoms with Gasteiger partial charge >= 0.3 is 0 Å². The molecular formula is C17H27BrClN3O2. The van der Waals surface area contributed by atoms with E-state index in [-0.39, 0.29) is 18.3 Å². The van der Waals surface area contributed by atoms with Crippen LogP contribution in [0.3, 0.4) is 0 Å². The Morgan fingerprint density at radius 2 is 2.25 bits per heavy atom. The standard InChI is InChI=1S/C17H26BrN3O2.ClH/c1-23-17-13(5-4-7-15(17)18)12-21-10-3-2-6-14(21)11-20-16(22)8-9-19;/h4-5,7,14H,2-3,6,8-12,19H2,1H3,(H,20,22);1H. The van der Waals surface area contributed by atoms with Crippen LogP contribution in [-0.2, 0) is 11.3 Å². The summed E-state index contributed by atoms with van der Waals surface area (Å²) in [5.41, 5.74) is 6.59. The highest BCUT2D eigenvalue weighted by Gasteiger charge is 2.24. The Balaban J connectivity index is 0.00000288. The summed E-state index contributed by atoms with van der Waals surface area (Å²) in [4.78, 5) is 14.1. The van der Waals surface area contributed by atoms with E-state index in [0.717, 1.165) is 29.7 Å². The fourth-order valence-electron chi connectivity index (χ4n) is 3.08. The van der Waals surface area contributed by atoms with E-state index in [1.54, 1.807) is 7.11 Å². The topological polar surface area (TPSA) is 67.6 Å². The molecule has 3 N–H and O–H groups in total. The number of hydrogen-bond donors (Lipinski definition) is 2. The molecule has 1 saturated heterocycles. The highest BCUT2D eigenvalue weighted by molar-refractivity contribution is 9.10. The summed E-state index contributed by atoms with van der Waals surface area (Å²) in [5, 5.41) is 3.01. The van der Waals surface area contributed by atoms with Crippen molar-refractivity contribution in [1.82, 2.24) is 10.2 Å². The lowest BCUT2D eigenvalue weighted by Crippen LogP contribution is -2.46. The van der Waals surface area contributed by atoms with E-state index in [1.165, 1.54) is 18.4 Å². The van der Waals surface area contributed by atoms with Crippen LogP contribution in [-0.4, -0.2) is 43.6 Å². The molecule has 136 valence electrons. The second-order valence-corrected chi connectivity index (χ2v) is 6.75. The monoisotopic (exact) mass is 419 g/mol. The van der Waals surface area contributed by atoms with E-state index in [4.69, 9.17) is 10.5 Å². The maximum Gasteiger partial charge on any atom is 0.221 e. The zero-order chi connectivity index (χ0) is 16.7. The number of likely N-dealkylation sites (tertiary alicyclic amines) is 1. The van der Waals surface area contributed by atoms with Crippen molar-refractivity contribution in [3.8, 4) is 5.75 Å². The molecule has 0 saturated carbocycles. The Morgan fingerprint density at radius 3 is 2.96 bits per heavy atom. The third kappa shape index (κ3) is 5.92. The number of piperidine rings is 1. The Bertz CT molecular complexity index is 531. The number of nitrogens with one attached hydrogen (secondary N) is 1. The SMILES string of the molecule is COc1c(Br)cccc1CN1CCCCC1CNC(=O)CCN.Cl. The molecule has 2 rings (SSSR count). The van der Waals surface area contributed by atoms with Crippen LogP contribution in [0, 0.1) is 0 Å². The van der Waals surface area contributed by atoms with Crippen LogP contribution < -0.4 is 15.8 Å². The number of benzene rings is 1. The summed E-state index contributed by atoms with van der Waals surface area (Å²) in [6.07, 6.45) is 3.92. The number of para-hydroxylation sites is 1. The van der Waals surface area contributed by atoms with Crippen molar-refractivity contribution in [1.29, 1.82) is 0 Å². The van der Waals surface area contributed by atoms with E-state index in [1.807, 2.05) is 12.1 Å². The predicted octanol–water partition coefficient (Wildman–Crippen LogP) is 2.70. The Morgan fingerprint density at radius 1 is 1.46 bits per heavy atom. The van der Waals surface area contributed by atoms with Gasteiger partial charge in [-0.2, -0.15) is 0 Å². The normalized spacial score (nSPS) is 17.9. The molecule has 1 heterocycles. The molecule has 1 aliphatic rings. The first-order valence-corrected chi connectivity index (χ1v) is 8.97. The predicted molar refractivity (Wildman–Crippen MR) is 103 cm³/mol. The van der Waals surface area contributed by atoms with E-state index in [0.29, 0.717) is 25.6 Å². The number of ether oxygens (including phenoxy) is 1. The van der Waals surface area contributed by atoms with Gasteiger partial charge in [-0.25, -0.2) is 0 Å².